The van der Waals surface area contributed by atoms with Gasteiger partial charge in [0.05, 0.1) is 22.8 Å². The van der Waals surface area contributed by atoms with Gasteiger partial charge in [0, 0.05) is 17.3 Å². The van der Waals surface area contributed by atoms with Crippen LogP contribution in [0, 0.1) is 5.82 Å². The number of benzene rings is 1. The van der Waals surface area contributed by atoms with E-state index in [2.05, 4.69) is 9.97 Å². The number of aliphatic hydroxyl groups excluding tert-OH is 1. The third kappa shape index (κ3) is 2.14. The van der Waals surface area contributed by atoms with Crippen molar-refractivity contribution in [3.63, 3.8) is 0 Å². The molecule has 0 radical (unpaired) electrons. The van der Waals surface area contributed by atoms with Crippen molar-refractivity contribution < 1.29 is 9.50 Å². The molecule has 0 fully saturated rings. The van der Waals surface area contributed by atoms with Crippen molar-refractivity contribution >= 4 is 11.0 Å². The molecule has 3 nitrogen and oxygen atoms in total. The van der Waals surface area contributed by atoms with Crippen LogP contribution < -0.4 is 0 Å². The summed E-state index contributed by atoms with van der Waals surface area (Å²) in [6.07, 6.45) is 0.919. The van der Waals surface area contributed by atoms with Crippen molar-refractivity contribution in [3.8, 4) is 11.3 Å². The minimum atomic E-state index is -0.747. The van der Waals surface area contributed by atoms with Gasteiger partial charge >= 0.3 is 0 Å². The largest absolute Gasteiger partial charge is 0.389 e. The quantitative estimate of drug-likeness (QED) is 0.773. The molecular formula is C16H13FN2O. The van der Waals surface area contributed by atoms with E-state index >= 15 is 0 Å². The zero-order chi connectivity index (χ0) is 14.1. The maximum Gasteiger partial charge on any atom is 0.132 e. The Morgan fingerprint density at radius 3 is 2.65 bits per heavy atom. The average molecular weight is 268 g/mol. The van der Waals surface area contributed by atoms with Gasteiger partial charge in [0.25, 0.3) is 0 Å². The van der Waals surface area contributed by atoms with Gasteiger partial charge in [-0.2, -0.15) is 0 Å². The molecule has 0 aliphatic rings. The number of hydrogen-bond acceptors (Lipinski definition) is 3. The van der Waals surface area contributed by atoms with Crippen LogP contribution in [0.5, 0.6) is 0 Å². The number of nitrogens with zero attached hydrogens (tertiary/aromatic N) is 2. The summed E-state index contributed by atoms with van der Waals surface area (Å²) in [7, 11) is 0. The zero-order valence-electron chi connectivity index (χ0n) is 10.9. The summed E-state index contributed by atoms with van der Waals surface area (Å²) < 4.78 is 14.0. The highest BCUT2D eigenvalue weighted by Crippen LogP contribution is 2.30. The molecule has 100 valence electrons. The first kappa shape index (κ1) is 12.7. The van der Waals surface area contributed by atoms with Gasteiger partial charge < -0.3 is 5.11 Å². The molecule has 0 amide bonds. The lowest BCUT2D eigenvalue weighted by molar-refractivity contribution is 0.199. The SMILES string of the molecule is CC(O)c1cc2ncccc2nc1-c1ccccc1F. The van der Waals surface area contributed by atoms with E-state index in [4.69, 9.17) is 0 Å². The van der Waals surface area contributed by atoms with Crippen LogP contribution >= 0.6 is 0 Å². The first-order chi connectivity index (χ1) is 9.66. The number of aromatic nitrogens is 2. The van der Waals surface area contributed by atoms with Gasteiger partial charge in [-0.1, -0.05) is 12.1 Å². The number of fused-ring (bicyclic) bond motifs is 1. The summed E-state index contributed by atoms with van der Waals surface area (Å²) in [6.45, 7) is 1.64. The summed E-state index contributed by atoms with van der Waals surface area (Å²) in [6, 6.07) is 11.8. The van der Waals surface area contributed by atoms with Crippen molar-refractivity contribution in [2.45, 2.75) is 13.0 Å². The van der Waals surface area contributed by atoms with E-state index in [-0.39, 0.29) is 5.82 Å². The van der Waals surface area contributed by atoms with Crippen molar-refractivity contribution in [1.82, 2.24) is 9.97 Å². The fourth-order valence-corrected chi connectivity index (χ4v) is 2.20. The maximum absolute atomic E-state index is 14.0. The fraction of sp³-hybridized carbons (Fsp3) is 0.125. The van der Waals surface area contributed by atoms with Gasteiger partial charge in [-0.15, -0.1) is 0 Å². The highest BCUT2D eigenvalue weighted by atomic mass is 19.1. The highest BCUT2D eigenvalue weighted by Gasteiger charge is 2.16. The molecule has 2 heterocycles. The summed E-state index contributed by atoms with van der Waals surface area (Å²) in [5, 5.41) is 9.93. The fourth-order valence-electron chi connectivity index (χ4n) is 2.20. The van der Waals surface area contributed by atoms with E-state index in [1.807, 2.05) is 6.07 Å². The molecule has 1 aromatic carbocycles. The number of aliphatic hydroxyl groups is 1. The molecule has 0 saturated carbocycles. The second-order valence-electron chi connectivity index (χ2n) is 4.62. The van der Waals surface area contributed by atoms with Gasteiger partial charge in [-0.3, -0.25) is 4.98 Å². The first-order valence-corrected chi connectivity index (χ1v) is 6.35. The lowest BCUT2D eigenvalue weighted by Gasteiger charge is -2.13. The van der Waals surface area contributed by atoms with Gasteiger partial charge in [0.2, 0.25) is 0 Å². The van der Waals surface area contributed by atoms with Crippen molar-refractivity contribution in [2.24, 2.45) is 0 Å². The van der Waals surface area contributed by atoms with Crippen LogP contribution in [-0.4, -0.2) is 15.1 Å². The molecule has 3 rings (SSSR count). The molecule has 1 atom stereocenters. The Bertz CT molecular complexity index is 771. The summed E-state index contributed by atoms with van der Waals surface area (Å²) in [5.74, 6) is -0.356. The molecule has 20 heavy (non-hydrogen) atoms. The molecule has 0 saturated heterocycles. The molecular weight excluding hydrogens is 255 g/mol. The Morgan fingerprint density at radius 1 is 1.10 bits per heavy atom. The van der Waals surface area contributed by atoms with E-state index in [1.54, 1.807) is 43.5 Å². The third-order valence-electron chi connectivity index (χ3n) is 3.19. The van der Waals surface area contributed by atoms with Crippen LogP contribution in [0.2, 0.25) is 0 Å². The predicted octanol–water partition coefficient (Wildman–Crippen LogP) is 3.49. The average Bonchev–Trinajstić information content (AvgIpc) is 2.46. The second-order valence-corrected chi connectivity index (χ2v) is 4.62. The summed E-state index contributed by atoms with van der Waals surface area (Å²) in [5.41, 5.74) is 2.77. The van der Waals surface area contributed by atoms with Crippen molar-refractivity contribution in [2.75, 3.05) is 0 Å². The van der Waals surface area contributed by atoms with E-state index in [0.717, 1.165) is 0 Å². The monoisotopic (exact) mass is 268 g/mol. The maximum atomic E-state index is 14.0. The third-order valence-corrected chi connectivity index (χ3v) is 3.19. The smallest absolute Gasteiger partial charge is 0.132 e. The van der Waals surface area contributed by atoms with Crippen molar-refractivity contribution in [3.05, 3.63) is 60.0 Å². The molecule has 0 aliphatic heterocycles. The van der Waals surface area contributed by atoms with Gasteiger partial charge in [0.1, 0.15) is 5.82 Å². The van der Waals surface area contributed by atoms with Crippen LogP contribution in [0.4, 0.5) is 4.39 Å². The molecule has 0 spiro atoms. The van der Waals surface area contributed by atoms with Gasteiger partial charge in [0.15, 0.2) is 0 Å². The van der Waals surface area contributed by atoms with E-state index < -0.39 is 6.10 Å². The summed E-state index contributed by atoms with van der Waals surface area (Å²) >= 11 is 0. The Labute approximate surface area is 115 Å². The Balaban J connectivity index is 2.33. The zero-order valence-corrected chi connectivity index (χ0v) is 10.9. The molecule has 0 bridgehead atoms. The van der Waals surface area contributed by atoms with Gasteiger partial charge in [-0.25, -0.2) is 9.37 Å². The molecule has 2 aromatic heterocycles. The van der Waals surface area contributed by atoms with Crippen molar-refractivity contribution in [1.29, 1.82) is 0 Å². The highest BCUT2D eigenvalue weighted by molar-refractivity contribution is 5.80. The molecule has 3 aromatic rings. The van der Waals surface area contributed by atoms with Crippen LogP contribution in [0.3, 0.4) is 0 Å². The predicted molar refractivity (Wildman–Crippen MR) is 75.6 cm³/mol. The Kier molecular flexibility index (Phi) is 3.16. The number of hydrogen-bond donors (Lipinski definition) is 1. The minimum Gasteiger partial charge on any atom is -0.389 e. The Morgan fingerprint density at radius 2 is 1.90 bits per heavy atom. The minimum absolute atomic E-state index is 0.356. The number of rotatable bonds is 2. The van der Waals surface area contributed by atoms with Crippen LogP contribution in [0.15, 0.2) is 48.7 Å². The van der Waals surface area contributed by atoms with Crippen LogP contribution in [-0.2, 0) is 0 Å². The number of pyridine rings is 2. The normalized spacial score (nSPS) is 12.6. The standard InChI is InChI=1S/C16H13FN2O/c1-10(20)12-9-15-14(7-4-8-18-15)19-16(12)11-5-2-3-6-13(11)17/h2-10,20H,1H3. The van der Waals surface area contributed by atoms with E-state index in [9.17, 15) is 9.50 Å². The van der Waals surface area contributed by atoms with Gasteiger partial charge in [-0.05, 0) is 37.3 Å². The Hall–Kier alpha value is -2.33. The second kappa shape index (κ2) is 4.98. The van der Waals surface area contributed by atoms with Crippen LogP contribution in [0.1, 0.15) is 18.6 Å². The summed E-state index contributed by atoms with van der Waals surface area (Å²) in [4.78, 5) is 8.68. The topological polar surface area (TPSA) is 46.0 Å². The van der Waals surface area contributed by atoms with E-state index in [0.29, 0.717) is 27.9 Å². The molecule has 0 aliphatic carbocycles. The number of halogens is 1. The first-order valence-electron chi connectivity index (χ1n) is 6.35. The molecule has 1 N–H and O–H groups in total. The van der Waals surface area contributed by atoms with E-state index in [1.165, 1.54) is 6.07 Å². The lowest BCUT2D eigenvalue weighted by Crippen LogP contribution is -2.00. The molecule has 4 heteroatoms. The van der Waals surface area contributed by atoms with Crippen LogP contribution in [0.25, 0.3) is 22.3 Å². The lowest BCUT2D eigenvalue weighted by atomic mass is 10.0. The molecule has 1 unspecified atom stereocenters.